The Morgan fingerprint density at radius 2 is 1.91 bits per heavy atom. The van der Waals surface area contributed by atoms with Crippen LogP contribution in [0.2, 0.25) is 0 Å². The van der Waals surface area contributed by atoms with Gasteiger partial charge in [-0.2, -0.15) is 0 Å². The first kappa shape index (κ1) is 14.8. The van der Waals surface area contributed by atoms with Gasteiger partial charge in [0, 0.05) is 6.42 Å². The molecule has 0 heterocycles. The van der Waals surface area contributed by atoms with E-state index in [0.29, 0.717) is 13.0 Å². The molecule has 0 rings (SSSR count). The second-order valence-corrected chi connectivity index (χ2v) is 2.26. The summed E-state index contributed by atoms with van der Waals surface area (Å²) in [5.74, 6) is -0.0593. The number of carbonyl (C=O) groups is 1. The van der Waals surface area contributed by atoms with Gasteiger partial charge in [-0.25, -0.2) is 0 Å². The third-order valence-corrected chi connectivity index (χ3v) is 1.29. The van der Waals surface area contributed by atoms with E-state index in [2.05, 4.69) is 6.92 Å². The van der Waals surface area contributed by atoms with E-state index in [-0.39, 0.29) is 64.2 Å². The molecule has 11 heavy (non-hydrogen) atoms. The molecule has 0 amide bonds. The maximum atomic E-state index is 10.7. The number of carbonyl (C=O) groups excluding carboxylic acids is 1. The fourth-order valence-electron chi connectivity index (χ4n) is 0.752. The Kier molecular flexibility index (Phi) is 15.2. The van der Waals surface area contributed by atoms with Crippen LogP contribution in [-0.2, 0) is 9.53 Å². The molecule has 0 saturated heterocycles. The molecule has 0 aliphatic heterocycles. The third kappa shape index (κ3) is 11.3. The zero-order valence-electron chi connectivity index (χ0n) is 6.85. The average molecular weight is 231 g/mol. The van der Waals surface area contributed by atoms with Crippen LogP contribution in [0, 0.1) is 0 Å². The van der Waals surface area contributed by atoms with Crippen molar-refractivity contribution in [3.63, 3.8) is 0 Å². The molecule has 62 valence electrons. The molecule has 0 aliphatic carbocycles. The Bertz CT molecular complexity index is 94.1. The van der Waals surface area contributed by atoms with Crippen LogP contribution >= 0.6 is 0 Å². The minimum atomic E-state index is -0.0593. The van der Waals surface area contributed by atoms with Gasteiger partial charge in [-0.05, 0) is 13.3 Å². The summed E-state index contributed by atoms with van der Waals surface area (Å²) in [6.07, 6.45) is 3.83. The molecule has 0 saturated carbocycles. The summed E-state index contributed by atoms with van der Waals surface area (Å²) in [4.78, 5) is 10.7. The van der Waals surface area contributed by atoms with Crippen LogP contribution in [0.25, 0.3) is 0 Å². The Morgan fingerprint density at radius 3 is 2.36 bits per heavy atom. The van der Waals surface area contributed by atoms with Crippen molar-refractivity contribution in [3.8, 4) is 0 Å². The van der Waals surface area contributed by atoms with Crippen LogP contribution in [0.15, 0.2) is 0 Å². The second kappa shape index (κ2) is 11.3. The van der Waals surface area contributed by atoms with Crippen LogP contribution in [-0.4, -0.2) is 70.8 Å². The van der Waals surface area contributed by atoms with E-state index in [4.69, 9.17) is 4.74 Å². The molecule has 3 heteroatoms. The second-order valence-electron chi connectivity index (χ2n) is 2.26. The molecule has 0 atom stereocenters. The zero-order chi connectivity index (χ0) is 7.82. The Labute approximate surface area is 118 Å². The Morgan fingerprint density at radius 1 is 1.27 bits per heavy atom. The van der Waals surface area contributed by atoms with E-state index in [1.807, 2.05) is 6.92 Å². The molecular formula is C8H17O2Rb. The molecule has 0 radical (unpaired) electrons. The first-order valence-corrected chi connectivity index (χ1v) is 3.96. The molecule has 0 bridgehead atoms. The molecule has 0 aromatic carbocycles. The van der Waals surface area contributed by atoms with Crippen molar-refractivity contribution >= 4 is 64.2 Å². The van der Waals surface area contributed by atoms with E-state index >= 15 is 0 Å². The molecule has 0 aromatic heterocycles. The monoisotopic (exact) mass is 230 g/mol. The predicted molar refractivity (Wildman–Crippen MR) is 47.9 cm³/mol. The van der Waals surface area contributed by atoms with Gasteiger partial charge in [0.25, 0.3) is 0 Å². The van der Waals surface area contributed by atoms with Gasteiger partial charge in [0.05, 0.1) is 6.61 Å². The van der Waals surface area contributed by atoms with Crippen molar-refractivity contribution in [2.24, 2.45) is 0 Å². The van der Waals surface area contributed by atoms with Crippen molar-refractivity contribution in [1.82, 2.24) is 0 Å². The molecule has 0 aromatic rings. The Hall–Kier alpha value is 1.28. The molecule has 0 N–H and O–H groups in total. The molecule has 0 fully saturated rings. The minimum absolute atomic E-state index is 0. The summed E-state index contributed by atoms with van der Waals surface area (Å²) in [5.41, 5.74) is 0. The van der Waals surface area contributed by atoms with Gasteiger partial charge in [-0.3, -0.25) is 4.79 Å². The summed E-state index contributed by atoms with van der Waals surface area (Å²) in [6.45, 7) is 4.45. The quantitative estimate of drug-likeness (QED) is 0.528. The zero-order valence-corrected chi connectivity index (χ0v) is 6.85. The number of ether oxygens (including phenoxy) is 1. The van der Waals surface area contributed by atoms with Gasteiger partial charge in [0.15, 0.2) is 0 Å². The number of hydrogen-bond acceptors (Lipinski definition) is 2. The van der Waals surface area contributed by atoms with Crippen molar-refractivity contribution in [1.29, 1.82) is 0 Å². The first-order valence-electron chi connectivity index (χ1n) is 3.96. The van der Waals surface area contributed by atoms with Crippen molar-refractivity contribution in [2.45, 2.75) is 39.5 Å². The first-order chi connectivity index (χ1) is 4.81. The fraction of sp³-hybridized carbons (Fsp3) is 0.875. The summed E-state index contributed by atoms with van der Waals surface area (Å²) >= 11 is 0. The number of esters is 1. The summed E-state index contributed by atoms with van der Waals surface area (Å²) in [5, 5.41) is 0. The van der Waals surface area contributed by atoms with Crippen molar-refractivity contribution in [2.75, 3.05) is 6.61 Å². The van der Waals surface area contributed by atoms with Crippen LogP contribution < -0.4 is 0 Å². The third-order valence-electron chi connectivity index (χ3n) is 1.29. The van der Waals surface area contributed by atoms with Crippen LogP contribution in [0.4, 0.5) is 0 Å². The van der Waals surface area contributed by atoms with E-state index < -0.39 is 0 Å². The van der Waals surface area contributed by atoms with Crippen LogP contribution in [0.1, 0.15) is 39.5 Å². The molecule has 0 aliphatic rings. The van der Waals surface area contributed by atoms with Gasteiger partial charge < -0.3 is 4.74 Å². The summed E-state index contributed by atoms with van der Waals surface area (Å²) in [6, 6.07) is 0. The van der Waals surface area contributed by atoms with Crippen LogP contribution in [0.3, 0.4) is 0 Å². The molecular weight excluding hydrogens is 214 g/mol. The van der Waals surface area contributed by atoms with Gasteiger partial charge >= 0.3 is 64.2 Å². The number of hydrogen-bond donors (Lipinski definition) is 0. The molecule has 2 nitrogen and oxygen atoms in total. The summed E-state index contributed by atoms with van der Waals surface area (Å²) < 4.78 is 4.75. The fourth-order valence-corrected chi connectivity index (χ4v) is 0.752. The van der Waals surface area contributed by atoms with Crippen molar-refractivity contribution in [3.05, 3.63) is 0 Å². The van der Waals surface area contributed by atoms with Gasteiger partial charge in [0.2, 0.25) is 0 Å². The standard InChI is InChI=1S/C8H16O2.Rb.H/c1-3-5-6-7-8(9)10-4-2;;/h3-7H2,1-2H3;;. The molecule has 0 spiro atoms. The van der Waals surface area contributed by atoms with Crippen molar-refractivity contribution < 1.29 is 9.53 Å². The van der Waals surface area contributed by atoms with Gasteiger partial charge in [0.1, 0.15) is 0 Å². The van der Waals surface area contributed by atoms with Gasteiger partial charge in [-0.1, -0.05) is 19.8 Å². The Balaban J connectivity index is 0. The predicted octanol–water partition coefficient (Wildman–Crippen LogP) is 1.48. The number of unbranched alkanes of at least 4 members (excludes halogenated alkanes) is 2. The average Bonchev–Trinajstić information content (AvgIpc) is 1.89. The van der Waals surface area contributed by atoms with E-state index in [0.717, 1.165) is 19.3 Å². The topological polar surface area (TPSA) is 26.3 Å². The van der Waals surface area contributed by atoms with E-state index in [9.17, 15) is 4.79 Å². The molecule has 0 unspecified atom stereocenters. The maximum absolute atomic E-state index is 10.7. The normalized spacial score (nSPS) is 8.55. The number of rotatable bonds is 5. The SMILES string of the molecule is CCCCCC(=O)OCC.[RbH]. The van der Waals surface area contributed by atoms with E-state index in [1.54, 1.807) is 0 Å². The van der Waals surface area contributed by atoms with Crippen LogP contribution in [0.5, 0.6) is 0 Å². The summed E-state index contributed by atoms with van der Waals surface area (Å²) in [7, 11) is 0. The van der Waals surface area contributed by atoms with Gasteiger partial charge in [-0.15, -0.1) is 0 Å². The van der Waals surface area contributed by atoms with E-state index in [1.165, 1.54) is 0 Å².